The van der Waals surface area contributed by atoms with Crippen LogP contribution < -0.4 is 0 Å². The van der Waals surface area contributed by atoms with Gasteiger partial charge in [-0.15, -0.1) is 0 Å². The SMILES string of the molecule is CC[C@@H](C)C[C@H]1O[C@@H](CCO)[C@H](O)[C@H]1C. The third kappa shape index (κ3) is 3.16. The Bertz CT molecular complexity index is 184. The van der Waals surface area contributed by atoms with Crippen molar-refractivity contribution < 1.29 is 14.9 Å². The van der Waals surface area contributed by atoms with E-state index in [1.807, 2.05) is 6.92 Å². The summed E-state index contributed by atoms with van der Waals surface area (Å²) in [5.74, 6) is 0.827. The number of rotatable bonds is 5. The zero-order valence-electron chi connectivity index (χ0n) is 10.0. The molecule has 1 aliphatic rings. The molecular weight excluding hydrogens is 192 g/mol. The molecule has 1 aliphatic heterocycles. The van der Waals surface area contributed by atoms with E-state index in [0.29, 0.717) is 12.3 Å². The molecule has 1 saturated heterocycles. The highest BCUT2D eigenvalue weighted by molar-refractivity contribution is 4.88. The summed E-state index contributed by atoms with van der Waals surface area (Å²) < 4.78 is 5.79. The van der Waals surface area contributed by atoms with Gasteiger partial charge in [0.05, 0.1) is 18.3 Å². The molecule has 0 spiro atoms. The molecule has 0 aliphatic carbocycles. The lowest BCUT2D eigenvalue weighted by Crippen LogP contribution is -2.26. The third-order valence-electron chi connectivity index (χ3n) is 3.60. The molecule has 0 saturated carbocycles. The van der Waals surface area contributed by atoms with Crippen molar-refractivity contribution in [2.24, 2.45) is 11.8 Å². The van der Waals surface area contributed by atoms with Crippen molar-refractivity contribution in [1.29, 1.82) is 0 Å². The first-order chi connectivity index (χ1) is 7.10. The Morgan fingerprint density at radius 2 is 2.00 bits per heavy atom. The minimum atomic E-state index is -0.411. The second-order valence-corrected chi connectivity index (χ2v) is 4.82. The Balaban J connectivity index is 2.47. The normalized spacial score (nSPS) is 38.2. The predicted octanol–water partition coefficient (Wildman–Crippen LogP) is 1.57. The number of hydrogen-bond acceptors (Lipinski definition) is 3. The van der Waals surface area contributed by atoms with E-state index in [9.17, 15) is 5.11 Å². The summed E-state index contributed by atoms with van der Waals surface area (Å²) in [6.07, 6.45) is 2.28. The average molecular weight is 216 g/mol. The van der Waals surface area contributed by atoms with Gasteiger partial charge in [0.15, 0.2) is 0 Å². The fourth-order valence-corrected chi connectivity index (χ4v) is 2.19. The molecule has 0 unspecified atom stereocenters. The maximum Gasteiger partial charge on any atom is 0.0863 e. The minimum Gasteiger partial charge on any atom is -0.396 e. The second kappa shape index (κ2) is 5.83. The maximum absolute atomic E-state index is 9.91. The Labute approximate surface area is 92.4 Å². The summed E-state index contributed by atoms with van der Waals surface area (Å²) in [6.45, 7) is 6.51. The van der Waals surface area contributed by atoms with E-state index in [1.165, 1.54) is 0 Å². The Hall–Kier alpha value is -0.120. The van der Waals surface area contributed by atoms with Crippen LogP contribution in [0.15, 0.2) is 0 Å². The molecule has 2 N–H and O–H groups in total. The molecule has 0 aromatic rings. The van der Waals surface area contributed by atoms with Crippen molar-refractivity contribution >= 4 is 0 Å². The van der Waals surface area contributed by atoms with Crippen LogP contribution in [-0.2, 0) is 4.74 Å². The molecule has 1 heterocycles. The molecule has 15 heavy (non-hydrogen) atoms. The van der Waals surface area contributed by atoms with Crippen molar-refractivity contribution in [3.05, 3.63) is 0 Å². The van der Waals surface area contributed by atoms with Gasteiger partial charge in [0.25, 0.3) is 0 Å². The quantitative estimate of drug-likeness (QED) is 0.733. The van der Waals surface area contributed by atoms with E-state index in [4.69, 9.17) is 9.84 Å². The van der Waals surface area contributed by atoms with Crippen LogP contribution >= 0.6 is 0 Å². The van der Waals surface area contributed by atoms with Crippen molar-refractivity contribution in [3.8, 4) is 0 Å². The van der Waals surface area contributed by atoms with E-state index in [0.717, 1.165) is 12.8 Å². The first-order valence-electron chi connectivity index (χ1n) is 6.04. The lowest BCUT2D eigenvalue weighted by Gasteiger charge is -2.18. The van der Waals surface area contributed by atoms with Crippen LogP contribution in [0.3, 0.4) is 0 Å². The highest BCUT2D eigenvalue weighted by Crippen LogP contribution is 2.32. The summed E-state index contributed by atoms with van der Waals surface area (Å²) in [6, 6.07) is 0. The van der Waals surface area contributed by atoms with E-state index in [1.54, 1.807) is 0 Å². The highest BCUT2D eigenvalue weighted by atomic mass is 16.5. The smallest absolute Gasteiger partial charge is 0.0863 e. The van der Waals surface area contributed by atoms with Crippen molar-refractivity contribution in [2.45, 2.75) is 58.3 Å². The first kappa shape index (κ1) is 12.9. The summed E-state index contributed by atoms with van der Waals surface area (Å²) >= 11 is 0. The summed E-state index contributed by atoms with van der Waals surface area (Å²) in [5.41, 5.74) is 0. The molecule has 0 aromatic carbocycles. The Kier molecular flexibility index (Phi) is 5.03. The Morgan fingerprint density at radius 1 is 1.33 bits per heavy atom. The van der Waals surface area contributed by atoms with E-state index < -0.39 is 6.10 Å². The van der Waals surface area contributed by atoms with Crippen LogP contribution in [0.4, 0.5) is 0 Å². The van der Waals surface area contributed by atoms with Crippen molar-refractivity contribution in [2.75, 3.05) is 6.61 Å². The molecule has 1 rings (SSSR count). The van der Waals surface area contributed by atoms with Gasteiger partial charge in [0.1, 0.15) is 0 Å². The van der Waals surface area contributed by atoms with Gasteiger partial charge in [-0.1, -0.05) is 27.2 Å². The maximum atomic E-state index is 9.91. The predicted molar refractivity (Wildman–Crippen MR) is 59.6 cm³/mol. The molecule has 5 atom stereocenters. The standard InChI is InChI=1S/C12H24O3/c1-4-8(2)7-11-9(3)12(14)10(15-11)5-6-13/h8-14H,4-7H2,1-3H3/t8-,9+,10+,11-,12-/m1/s1. The topological polar surface area (TPSA) is 49.7 Å². The summed E-state index contributed by atoms with van der Waals surface area (Å²) in [4.78, 5) is 0. The van der Waals surface area contributed by atoms with Crippen LogP contribution in [0.5, 0.6) is 0 Å². The fraction of sp³-hybridized carbons (Fsp3) is 1.00. The molecule has 3 heteroatoms. The first-order valence-corrected chi connectivity index (χ1v) is 6.04. The van der Waals surface area contributed by atoms with Crippen LogP contribution in [-0.4, -0.2) is 35.1 Å². The van der Waals surface area contributed by atoms with Crippen LogP contribution in [0.2, 0.25) is 0 Å². The van der Waals surface area contributed by atoms with Crippen molar-refractivity contribution in [3.63, 3.8) is 0 Å². The van der Waals surface area contributed by atoms with Gasteiger partial charge >= 0.3 is 0 Å². The molecule has 0 radical (unpaired) electrons. The number of hydrogen-bond donors (Lipinski definition) is 2. The largest absolute Gasteiger partial charge is 0.396 e. The highest BCUT2D eigenvalue weighted by Gasteiger charge is 2.40. The van der Waals surface area contributed by atoms with Crippen molar-refractivity contribution in [1.82, 2.24) is 0 Å². The fourth-order valence-electron chi connectivity index (χ4n) is 2.19. The number of aliphatic hydroxyl groups is 2. The number of ether oxygens (including phenoxy) is 1. The summed E-state index contributed by atoms with van der Waals surface area (Å²) in [7, 11) is 0. The zero-order valence-corrected chi connectivity index (χ0v) is 10.0. The van der Waals surface area contributed by atoms with Gasteiger partial charge in [0.2, 0.25) is 0 Å². The molecule has 1 fully saturated rings. The molecule has 0 bridgehead atoms. The average Bonchev–Trinajstić information content (AvgIpc) is 2.47. The van der Waals surface area contributed by atoms with Crippen LogP contribution in [0.25, 0.3) is 0 Å². The molecule has 90 valence electrons. The van der Waals surface area contributed by atoms with Gasteiger partial charge in [-0.25, -0.2) is 0 Å². The molecule has 3 nitrogen and oxygen atoms in total. The summed E-state index contributed by atoms with van der Waals surface area (Å²) in [5, 5.41) is 18.8. The Morgan fingerprint density at radius 3 is 2.53 bits per heavy atom. The van der Waals surface area contributed by atoms with E-state index in [2.05, 4.69) is 13.8 Å². The van der Waals surface area contributed by atoms with Gasteiger partial charge in [0, 0.05) is 12.5 Å². The van der Waals surface area contributed by atoms with Gasteiger partial charge < -0.3 is 14.9 Å². The van der Waals surface area contributed by atoms with Gasteiger partial charge in [-0.3, -0.25) is 0 Å². The van der Waals surface area contributed by atoms with E-state index >= 15 is 0 Å². The lowest BCUT2D eigenvalue weighted by atomic mass is 9.91. The third-order valence-corrected chi connectivity index (χ3v) is 3.60. The second-order valence-electron chi connectivity index (χ2n) is 4.82. The van der Waals surface area contributed by atoms with Gasteiger partial charge in [-0.05, 0) is 18.8 Å². The lowest BCUT2D eigenvalue weighted by molar-refractivity contribution is -0.00978. The molecule has 0 amide bonds. The van der Waals surface area contributed by atoms with E-state index in [-0.39, 0.29) is 24.7 Å². The monoisotopic (exact) mass is 216 g/mol. The van der Waals surface area contributed by atoms with Crippen LogP contribution in [0.1, 0.15) is 40.0 Å². The minimum absolute atomic E-state index is 0.0878. The number of aliphatic hydroxyl groups excluding tert-OH is 2. The molecular formula is C12H24O3. The molecule has 0 aromatic heterocycles. The van der Waals surface area contributed by atoms with Crippen LogP contribution in [0, 0.1) is 11.8 Å². The van der Waals surface area contributed by atoms with Gasteiger partial charge in [-0.2, -0.15) is 0 Å². The zero-order chi connectivity index (χ0) is 11.4.